The summed E-state index contributed by atoms with van der Waals surface area (Å²) in [7, 11) is 0.268. The summed E-state index contributed by atoms with van der Waals surface area (Å²) < 4.78 is 0. The van der Waals surface area contributed by atoms with E-state index in [-0.39, 0.29) is 9.52 Å². The molecule has 0 saturated heterocycles. The normalized spacial score (nSPS) is 10.2. The van der Waals surface area contributed by atoms with E-state index in [0.29, 0.717) is 0 Å². The van der Waals surface area contributed by atoms with Gasteiger partial charge in [-0.1, -0.05) is 42.5 Å². The summed E-state index contributed by atoms with van der Waals surface area (Å²) in [5, 5.41) is 1.14. The summed E-state index contributed by atoms with van der Waals surface area (Å²) in [5.41, 5.74) is 2.39. The molecule has 2 heteroatoms. The largest absolute Gasteiger partial charge is 0.309 e. The van der Waals surface area contributed by atoms with Crippen LogP contribution in [0.5, 0.6) is 0 Å². The standard InChI is InChI=1S/C11H8OSi/c12-8-13-11-7-6-9-4-2-1-3-5-10(9)11/h1-8H. The Morgan fingerprint density at radius 1 is 1.00 bits per heavy atom. The summed E-state index contributed by atoms with van der Waals surface area (Å²) in [6.45, 7) is 0. The van der Waals surface area contributed by atoms with Crippen molar-refractivity contribution in [3.05, 3.63) is 42.5 Å². The Balaban J connectivity index is 2.54. The fourth-order valence-corrected chi connectivity index (χ4v) is 2.09. The Kier molecular flexibility index (Phi) is 2.23. The number of carbonyl (C=O) groups excluding carboxylic acids is 1. The molecule has 0 saturated carbocycles. The minimum Gasteiger partial charge on any atom is -0.309 e. The second-order valence-corrected chi connectivity index (χ2v) is 3.85. The first-order chi connectivity index (χ1) is 6.42. The minimum atomic E-state index is 0.268. The fourth-order valence-electron chi connectivity index (χ4n) is 1.40. The molecule has 0 aromatic rings. The first-order valence-electron chi connectivity index (χ1n) is 4.10. The van der Waals surface area contributed by atoms with Crippen LogP contribution in [-0.2, 0) is 4.79 Å². The lowest BCUT2D eigenvalue weighted by atomic mass is 10.2. The second-order valence-electron chi connectivity index (χ2n) is 2.79. The van der Waals surface area contributed by atoms with E-state index in [2.05, 4.69) is 18.2 Å². The van der Waals surface area contributed by atoms with Crippen molar-refractivity contribution in [3.8, 4) is 11.1 Å². The van der Waals surface area contributed by atoms with E-state index in [1.54, 1.807) is 0 Å². The molecule has 13 heavy (non-hydrogen) atoms. The molecule has 0 atom stereocenters. The van der Waals surface area contributed by atoms with Gasteiger partial charge in [0.25, 0.3) is 0 Å². The third-order valence-electron chi connectivity index (χ3n) is 2.01. The number of fused-ring (bicyclic) bond motifs is 1. The highest BCUT2D eigenvalue weighted by Gasteiger charge is 2.06. The van der Waals surface area contributed by atoms with Gasteiger partial charge >= 0.3 is 0 Å². The molecule has 0 aliphatic heterocycles. The molecule has 0 amide bonds. The Morgan fingerprint density at radius 3 is 2.69 bits per heavy atom. The number of hydrogen-bond acceptors (Lipinski definition) is 1. The van der Waals surface area contributed by atoms with Crippen LogP contribution in [0.1, 0.15) is 0 Å². The van der Waals surface area contributed by atoms with E-state index >= 15 is 0 Å². The molecule has 2 aliphatic carbocycles. The summed E-state index contributed by atoms with van der Waals surface area (Å²) >= 11 is 0. The van der Waals surface area contributed by atoms with Crippen molar-refractivity contribution >= 4 is 20.6 Å². The molecule has 1 nitrogen and oxygen atoms in total. The number of rotatable bonds is 2. The molecule has 2 aliphatic rings. The van der Waals surface area contributed by atoms with Gasteiger partial charge in [-0.3, -0.25) is 0 Å². The number of hydrogen-bond donors (Lipinski definition) is 0. The van der Waals surface area contributed by atoms with Gasteiger partial charge in [0, 0.05) is 0 Å². The molecule has 0 unspecified atom stereocenters. The molecule has 2 radical (unpaired) electrons. The summed E-state index contributed by atoms with van der Waals surface area (Å²) in [5.74, 6) is 0.974. The predicted molar refractivity (Wildman–Crippen MR) is 55.2 cm³/mol. The van der Waals surface area contributed by atoms with E-state index in [9.17, 15) is 4.79 Å². The Labute approximate surface area is 79.6 Å². The zero-order chi connectivity index (χ0) is 9.10. The van der Waals surface area contributed by atoms with Crippen LogP contribution < -0.4 is 5.19 Å². The monoisotopic (exact) mass is 184 g/mol. The lowest BCUT2D eigenvalue weighted by molar-refractivity contribution is 0.568. The highest BCUT2D eigenvalue weighted by molar-refractivity contribution is 6.79. The van der Waals surface area contributed by atoms with Crippen LogP contribution >= 0.6 is 0 Å². The van der Waals surface area contributed by atoms with Crippen LogP contribution in [0, 0.1) is 0 Å². The van der Waals surface area contributed by atoms with Crippen molar-refractivity contribution in [1.82, 2.24) is 0 Å². The minimum absolute atomic E-state index is 0.268. The average Bonchev–Trinajstić information content (AvgIpc) is 2.38. The molecule has 0 heterocycles. The van der Waals surface area contributed by atoms with Gasteiger partial charge in [0.15, 0.2) is 9.52 Å². The van der Waals surface area contributed by atoms with Crippen molar-refractivity contribution in [2.24, 2.45) is 0 Å². The lowest BCUT2D eigenvalue weighted by Crippen LogP contribution is -2.14. The van der Waals surface area contributed by atoms with Gasteiger partial charge in [0.05, 0.1) is 0 Å². The Hall–Kier alpha value is -1.41. The zero-order valence-corrected chi connectivity index (χ0v) is 8.03. The summed E-state index contributed by atoms with van der Waals surface area (Å²) in [6, 6.07) is 14.2. The van der Waals surface area contributed by atoms with Gasteiger partial charge in [0.2, 0.25) is 0 Å². The van der Waals surface area contributed by atoms with Crippen LogP contribution in [-0.4, -0.2) is 15.4 Å². The molecule has 0 bridgehead atoms. The molecule has 0 aromatic heterocycles. The van der Waals surface area contributed by atoms with Crippen molar-refractivity contribution in [3.63, 3.8) is 0 Å². The molecule has 2 rings (SSSR count). The molecular formula is C11H8OSi. The molecule has 0 N–H and O–H groups in total. The van der Waals surface area contributed by atoms with Gasteiger partial charge in [-0.2, -0.15) is 0 Å². The van der Waals surface area contributed by atoms with E-state index < -0.39 is 0 Å². The van der Waals surface area contributed by atoms with Gasteiger partial charge in [-0.25, -0.2) is 0 Å². The smallest absolute Gasteiger partial charge is 0.168 e. The highest BCUT2D eigenvalue weighted by atomic mass is 28.2. The van der Waals surface area contributed by atoms with Crippen LogP contribution in [0.3, 0.4) is 0 Å². The Morgan fingerprint density at radius 2 is 1.85 bits per heavy atom. The predicted octanol–water partition coefficient (Wildman–Crippen LogP) is 1.31. The summed E-state index contributed by atoms with van der Waals surface area (Å²) in [6.07, 6.45) is 0. The summed E-state index contributed by atoms with van der Waals surface area (Å²) in [4.78, 5) is 10.4. The quantitative estimate of drug-likeness (QED) is 0.508. The molecule has 62 valence electrons. The van der Waals surface area contributed by atoms with E-state index in [1.165, 1.54) is 11.1 Å². The highest BCUT2D eigenvalue weighted by Crippen LogP contribution is 2.18. The van der Waals surface area contributed by atoms with E-state index in [0.717, 1.165) is 11.1 Å². The van der Waals surface area contributed by atoms with Crippen molar-refractivity contribution in [2.45, 2.75) is 0 Å². The fraction of sp³-hybridized carbons (Fsp3) is 0. The maximum Gasteiger partial charge on any atom is 0.168 e. The Bertz CT molecular complexity index is 397. The van der Waals surface area contributed by atoms with Crippen molar-refractivity contribution < 1.29 is 4.79 Å². The third-order valence-corrected chi connectivity index (χ3v) is 2.87. The SMILES string of the molecule is O=C[Si]c1ccc2cccccc1-2. The van der Waals surface area contributed by atoms with Gasteiger partial charge < -0.3 is 4.79 Å². The van der Waals surface area contributed by atoms with E-state index in [4.69, 9.17) is 0 Å². The van der Waals surface area contributed by atoms with Gasteiger partial charge in [-0.15, -0.1) is 0 Å². The maximum atomic E-state index is 10.4. The maximum absolute atomic E-state index is 10.4. The second kappa shape index (κ2) is 3.54. The first-order valence-corrected chi connectivity index (χ1v) is 5.17. The van der Waals surface area contributed by atoms with Gasteiger partial charge in [0.1, 0.15) is 5.91 Å². The van der Waals surface area contributed by atoms with Crippen LogP contribution in [0.25, 0.3) is 11.1 Å². The van der Waals surface area contributed by atoms with Crippen molar-refractivity contribution in [2.75, 3.05) is 0 Å². The van der Waals surface area contributed by atoms with Crippen LogP contribution in [0.4, 0.5) is 0 Å². The molecule has 0 fully saturated rings. The lowest BCUT2D eigenvalue weighted by Gasteiger charge is -1.94. The van der Waals surface area contributed by atoms with E-state index in [1.807, 2.05) is 24.3 Å². The van der Waals surface area contributed by atoms with Crippen LogP contribution in [0.2, 0.25) is 0 Å². The zero-order valence-electron chi connectivity index (χ0n) is 7.03. The topological polar surface area (TPSA) is 17.1 Å². The molecular weight excluding hydrogens is 176 g/mol. The third kappa shape index (κ3) is 1.53. The average molecular weight is 184 g/mol. The van der Waals surface area contributed by atoms with Gasteiger partial charge in [-0.05, 0) is 16.3 Å². The first kappa shape index (κ1) is 8.20. The van der Waals surface area contributed by atoms with Crippen LogP contribution in [0.15, 0.2) is 42.5 Å². The number of carbonyl (C=O) groups is 1. The van der Waals surface area contributed by atoms with Crippen molar-refractivity contribution in [1.29, 1.82) is 0 Å². The molecule has 0 spiro atoms. The molecule has 0 aromatic carbocycles.